The van der Waals surface area contributed by atoms with Crippen molar-refractivity contribution in [1.82, 2.24) is 5.32 Å². The van der Waals surface area contributed by atoms with E-state index in [1.165, 1.54) is 6.42 Å². The Balaban J connectivity index is 2.07. The molecule has 1 amide bonds. The van der Waals surface area contributed by atoms with Crippen molar-refractivity contribution in [2.45, 2.75) is 46.1 Å². The summed E-state index contributed by atoms with van der Waals surface area (Å²) in [6, 6.07) is 5.79. The van der Waals surface area contributed by atoms with Crippen LogP contribution in [0.2, 0.25) is 0 Å². The van der Waals surface area contributed by atoms with Crippen LogP contribution in [0.4, 0.5) is 5.69 Å². The van der Waals surface area contributed by atoms with Crippen LogP contribution in [-0.4, -0.2) is 11.9 Å². The van der Waals surface area contributed by atoms with Crippen LogP contribution in [0.25, 0.3) is 0 Å². The first kappa shape index (κ1) is 12.9. The minimum Gasteiger partial charge on any atom is -0.398 e. The molecule has 2 rings (SSSR count). The highest BCUT2D eigenvalue weighted by molar-refractivity contribution is 5.97. The van der Waals surface area contributed by atoms with Crippen LogP contribution >= 0.6 is 0 Å². The number of hydrogen-bond donors (Lipinski definition) is 2. The first-order chi connectivity index (χ1) is 8.39. The van der Waals surface area contributed by atoms with Crippen molar-refractivity contribution in [3.63, 3.8) is 0 Å². The van der Waals surface area contributed by atoms with E-state index in [9.17, 15) is 4.79 Å². The van der Waals surface area contributed by atoms with Gasteiger partial charge in [0.05, 0.1) is 0 Å². The molecule has 1 aliphatic carbocycles. The second-order valence-corrected chi connectivity index (χ2v) is 6.10. The summed E-state index contributed by atoms with van der Waals surface area (Å²) in [5.74, 6) is 0.00231. The summed E-state index contributed by atoms with van der Waals surface area (Å²) in [7, 11) is 0. The van der Waals surface area contributed by atoms with Crippen molar-refractivity contribution in [2.24, 2.45) is 5.41 Å². The number of nitrogens with two attached hydrogens (primary N) is 1. The van der Waals surface area contributed by atoms with E-state index in [1.54, 1.807) is 0 Å². The molecule has 1 fully saturated rings. The molecule has 1 atom stereocenters. The molecule has 1 saturated carbocycles. The fourth-order valence-electron chi connectivity index (χ4n) is 2.72. The van der Waals surface area contributed by atoms with Gasteiger partial charge in [0.1, 0.15) is 0 Å². The number of nitrogens with one attached hydrogen (secondary N) is 1. The van der Waals surface area contributed by atoms with Crippen LogP contribution in [0.5, 0.6) is 0 Å². The minimum absolute atomic E-state index is 0.00231. The molecule has 1 aliphatic rings. The Kier molecular flexibility index (Phi) is 3.33. The average molecular weight is 246 g/mol. The molecule has 18 heavy (non-hydrogen) atoms. The Morgan fingerprint density at radius 3 is 2.78 bits per heavy atom. The summed E-state index contributed by atoms with van der Waals surface area (Å²) in [4.78, 5) is 12.2. The summed E-state index contributed by atoms with van der Waals surface area (Å²) in [6.45, 7) is 6.40. The van der Waals surface area contributed by atoms with Gasteiger partial charge in [0, 0.05) is 17.3 Å². The number of carbonyl (C=O) groups excluding carboxylic acids is 1. The lowest BCUT2D eigenvalue weighted by atomic mass is 9.92. The summed E-state index contributed by atoms with van der Waals surface area (Å²) in [5, 5.41) is 3.12. The molecule has 0 saturated heterocycles. The largest absolute Gasteiger partial charge is 0.398 e. The molecule has 1 unspecified atom stereocenters. The van der Waals surface area contributed by atoms with E-state index in [2.05, 4.69) is 19.2 Å². The van der Waals surface area contributed by atoms with Crippen molar-refractivity contribution in [3.8, 4) is 0 Å². The first-order valence-corrected chi connectivity index (χ1v) is 6.55. The lowest BCUT2D eigenvalue weighted by molar-refractivity contribution is 0.0935. The van der Waals surface area contributed by atoms with E-state index in [-0.39, 0.29) is 5.91 Å². The number of hydrogen-bond acceptors (Lipinski definition) is 2. The minimum atomic E-state index is 0.00231. The summed E-state index contributed by atoms with van der Waals surface area (Å²) in [6.07, 6.45) is 3.30. The molecule has 3 nitrogen and oxygen atoms in total. The lowest BCUT2D eigenvalue weighted by Gasteiger charge is -2.18. The molecule has 0 radical (unpaired) electrons. The van der Waals surface area contributed by atoms with Gasteiger partial charge in [0.25, 0.3) is 5.91 Å². The quantitative estimate of drug-likeness (QED) is 0.788. The third-order valence-electron chi connectivity index (χ3n) is 3.92. The summed E-state index contributed by atoms with van der Waals surface area (Å²) < 4.78 is 0. The van der Waals surface area contributed by atoms with Crippen LogP contribution in [0.3, 0.4) is 0 Å². The molecule has 3 N–H and O–H groups in total. The summed E-state index contributed by atoms with van der Waals surface area (Å²) in [5.41, 5.74) is 8.42. The fraction of sp³-hybridized carbons (Fsp3) is 0.533. The zero-order valence-corrected chi connectivity index (χ0v) is 11.4. The second-order valence-electron chi connectivity index (χ2n) is 6.10. The van der Waals surface area contributed by atoms with Crippen LogP contribution in [0, 0.1) is 12.3 Å². The van der Waals surface area contributed by atoms with Gasteiger partial charge < -0.3 is 11.1 Å². The fourth-order valence-corrected chi connectivity index (χ4v) is 2.72. The topological polar surface area (TPSA) is 55.1 Å². The molecule has 1 aromatic rings. The van der Waals surface area contributed by atoms with Gasteiger partial charge in [0.2, 0.25) is 0 Å². The molecule has 98 valence electrons. The molecule has 0 aliphatic heterocycles. The van der Waals surface area contributed by atoms with Gasteiger partial charge in [-0.3, -0.25) is 4.79 Å². The van der Waals surface area contributed by atoms with Crippen molar-refractivity contribution in [2.75, 3.05) is 5.73 Å². The Labute approximate surface area is 109 Å². The van der Waals surface area contributed by atoms with Crippen LogP contribution < -0.4 is 11.1 Å². The first-order valence-electron chi connectivity index (χ1n) is 6.55. The van der Waals surface area contributed by atoms with Crippen molar-refractivity contribution >= 4 is 11.6 Å². The Bertz CT molecular complexity index is 466. The maximum absolute atomic E-state index is 12.2. The third kappa shape index (κ3) is 2.66. The van der Waals surface area contributed by atoms with Gasteiger partial charge in [-0.2, -0.15) is 0 Å². The maximum Gasteiger partial charge on any atom is 0.251 e. The smallest absolute Gasteiger partial charge is 0.251 e. The van der Waals surface area contributed by atoms with Gasteiger partial charge in [-0.15, -0.1) is 0 Å². The van der Waals surface area contributed by atoms with E-state index in [0.29, 0.717) is 22.7 Å². The van der Waals surface area contributed by atoms with Gasteiger partial charge in [-0.05, 0) is 49.3 Å². The lowest BCUT2D eigenvalue weighted by Crippen LogP contribution is -2.34. The normalized spacial score (nSPS) is 21.8. The van der Waals surface area contributed by atoms with Crippen molar-refractivity contribution in [1.29, 1.82) is 0 Å². The highest BCUT2D eigenvalue weighted by Crippen LogP contribution is 2.37. The van der Waals surface area contributed by atoms with E-state index >= 15 is 0 Å². The SMILES string of the molecule is Cc1c(N)cccc1C(=O)NC1CCC(C)(C)C1. The average Bonchev–Trinajstić information content (AvgIpc) is 2.62. The predicted molar refractivity (Wildman–Crippen MR) is 74.5 cm³/mol. The maximum atomic E-state index is 12.2. The van der Waals surface area contributed by atoms with Crippen molar-refractivity contribution in [3.05, 3.63) is 29.3 Å². The predicted octanol–water partition coefficient (Wildman–Crippen LogP) is 2.89. The van der Waals surface area contributed by atoms with E-state index in [1.807, 2.05) is 25.1 Å². The molecule has 0 aromatic heterocycles. The number of amides is 1. The standard InChI is InChI=1S/C15H22N2O/c1-10-12(5-4-6-13(10)16)14(18)17-11-7-8-15(2,3)9-11/h4-6,11H,7-9,16H2,1-3H3,(H,17,18). The molecular formula is C15H22N2O. The molecule has 3 heteroatoms. The molecule has 0 spiro atoms. The van der Waals surface area contributed by atoms with E-state index < -0.39 is 0 Å². The Hall–Kier alpha value is -1.51. The number of anilines is 1. The van der Waals surface area contributed by atoms with Gasteiger partial charge in [-0.1, -0.05) is 19.9 Å². The Morgan fingerprint density at radius 1 is 1.44 bits per heavy atom. The highest BCUT2D eigenvalue weighted by Gasteiger charge is 2.31. The zero-order valence-electron chi connectivity index (χ0n) is 11.4. The van der Waals surface area contributed by atoms with Gasteiger partial charge in [0.15, 0.2) is 0 Å². The third-order valence-corrected chi connectivity index (χ3v) is 3.92. The van der Waals surface area contributed by atoms with Crippen LogP contribution in [0.15, 0.2) is 18.2 Å². The monoisotopic (exact) mass is 246 g/mol. The molecule has 1 aromatic carbocycles. The second kappa shape index (κ2) is 4.63. The van der Waals surface area contributed by atoms with E-state index in [4.69, 9.17) is 5.73 Å². The molecule has 0 bridgehead atoms. The van der Waals surface area contributed by atoms with E-state index in [0.717, 1.165) is 18.4 Å². The zero-order chi connectivity index (χ0) is 13.3. The van der Waals surface area contributed by atoms with Gasteiger partial charge >= 0.3 is 0 Å². The number of carbonyl (C=O) groups is 1. The number of rotatable bonds is 2. The highest BCUT2D eigenvalue weighted by atomic mass is 16.1. The molecular weight excluding hydrogens is 224 g/mol. The Morgan fingerprint density at radius 2 is 2.17 bits per heavy atom. The van der Waals surface area contributed by atoms with Crippen molar-refractivity contribution < 1.29 is 4.79 Å². The summed E-state index contributed by atoms with van der Waals surface area (Å²) >= 11 is 0. The van der Waals surface area contributed by atoms with Crippen LogP contribution in [-0.2, 0) is 0 Å². The van der Waals surface area contributed by atoms with Crippen LogP contribution in [0.1, 0.15) is 49.0 Å². The molecule has 0 heterocycles. The number of nitrogen functional groups attached to an aromatic ring is 1. The van der Waals surface area contributed by atoms with Gasteiger partial charge in [-0.25, -0.2) is 0 Å². The number of benzene rings is 1.